The van der Waals surface area contributed by atoms with E-state index >= 15 is 0 Å². The third kappa shape index (κ3) is 72.4. The fraction of sp³-hybridized carbons (Fsp3) is 0.949. The third-order valence-corrected chi connectivity index (χ3v) is 20.2. The van der Waals surface area contributed by atoms with Crippen LogP contribution in [0.3, 0.4) is 0 Å². The van der Waals surface area contributed by atoms with Crippen LogP contribution in [0.25, 0.3) is 0 Å². The summed E-state index contributed by atoms with van der Waals surface area (Å²) in [6, 6.07) is 0. The highest BCUT2D eigenvalue weighted by Gasteiger charge is 2.30. The lowest BCUT2D eigenvalue weighted by Crippen LogP contribution is -2.30. The van der Waals surface area contributed by atoms with Crippen LogP contribution in [0.2, 0.25) is 0 Å². The molecule has 0 fully saturated rings. The molecule has 0 aliphatic heterocycles. The summed E-state index contributed by atoms with van der Waals surface area (Å²) < 4.78 is 68.6. The van der Waals surface area contributed by atoms with Gasteiger partial charge in [-0.05, 0) is 49.4 Å². The third-order valence-electron chi connectivity index (χ3n) is 18.3. The minimum atomic E-state index is -4.96. The molecule has 0 bridgehead atoms. The molecule has 19 heteroatoms. The van der Waals surface area contributed by atoms with Crippen molar-refractivity contribution in [1.29, 1.82) is 0 Å². The number of rotatable bonds is 76. The van der Waals surface area contributed by atoms with Crippen molar-refractivity contribution in [2.45, 2.75) is 420 Å². The Balaban J connectivity index is 5.21. The van der Waals surface area contributed by atoms with E-state index in [0.29, 0.717) is 31.6 Å². The molecule has 0 heterocycles. The van der Waals surface area contributed by atoms with Crippen LogP contribution >= 0.6 is 15.6 Å². The Labute approximate surface area is 600 Å². The molecule has 0 radical (unpaired) electrons. The summed E-state index contributed by atoms with van der Waals surface area (Å²) in [6.07, 6.45) is 54.4. The maximum atomic E-state index is 13.1. The van der Waals surface area contributed by atoms with Gasteiger partial charge in [0.2, 0.25) is 0 Å². The van der Waals surface area contributed by atoms with Crippen molar-refractivity contribution in [3.63, 3.8) is 0 Å². The summed E-state index contributed by atoms with van der Waals surface area (Å²) in [5.41, 5.74) is 0. The SMILES string of the molecule is CC(C)CCCCCCCCCCCCCCCCCCCCC(=O)O[C@H](COC(=O)CCCCCCCCCCCCCCCC(C)C)COP(=O)(O)OCC(O)COP(=O)(O)OC[C@@H](COC(=O)CCCCCCCCCCC(C)C)OC(=O)CCCCCCCCCC(C)C. The molecule has 5 atom stereocenters. The predicted octanol–water partition coefficient (Wildman–Crippen LogP) is 23.2. The molecule has 582 valence electrons. The van der Waals surface area contributed by atoms with Crippen LogP contribution < -0.4 is 0 Å². The van der Waals surface area contributed by atoms with E-state index in [0.717, 1.165) is 108 Å². The normalized spacial score (nSPS) is 14.1. The molecule has 0 aromatic heterocycles. The lowest BCUT2D eigenvalue weighted by Gasteiger charge is -2.21. The molecule has 3 unspecified atom stereocenters. The number of esters is 4. The molecule has 0 aliphatic carbocycles. The van der Waals surface area contributed by atoms with Crippen LogP contribution in [0, 0.1) is 23.7 Å². The molecule has 0 saturated carbocycles. The number of phosphoric acid groups is 2. The molecule has 0 aromatic rings. The topological polar surface area (TPSA) is 237 Å². The second-order valence-electron chi connectivity index (χ2n) is 30.4. The van der Waals surface area contributed by atoms with Crippen LogP contribution in [0.5, 0.6) is 0 Å². The van der Waals surface area contributed by atoms with Gasteiger partial charge < -0.3 is 33.8 Å². The van der Waals surface area contributed by atoms with E-state index in [1.807, 2.05) is 0 Å². The highest BCUT2D eigenvalue weighted by molar-refractivity contribution is 7.47. The molecule has 98 heavy (non-hydrogen) atoms. The lowest BCUT2D eigenvalue weighted by atomic mass is 10.0. The molecular weight excluding hydrogens is 1280 g/mol. The summed E-state index contributed by atoms with van der Waals surface area (Å²) in [5.74, 6) is 0.913. The van der Waals surface area contributed by atoms with E-state index in [-0.39, 0.29) is 25.7 Å². The molecule has 0 amide bonds. The van der Waals surface area contributed by atoms with E-state index in [1.54, 1.807) is 0 Å². The van der Waals surface area contributed by atoms with Gasteiger partial charge in [-0.25, -0.2) is 9.13 Å². The van der Waals surface area contributed by atoms with Crippen LogP contribution in [0.4, 0.5) is 0 Å². The van der Waals surface area contributed by atoms with Crippen molar-refractivity contribution in [3.8, 4) is 0 Å². The Morgan fingerprint density at radius 3 is 0.633 bits per heavy atom. The van der Waals surface area contributed by atoms with E-state index in [1.165, 1.54) is 205 Å². The highest BCUT2D eigenvalue weighted by Crippen LogP contribution is 2.45. The molecule has 17 nitrogen and oxygen atoms in total. The Morgan fingerprint density at radius 1 is 0.255 bits per heavy atom. The smallest absolute Gasteiger partial charge is 0.462 e. The standard InChI is InChI=1S/C79H154O17P2/c1-69(2)55-47-39-31-24-20-16-13-11-9-10-12-14-18-23-27-37-45-53-61-78(83)95-74(65-89-76(81)59-51-43-35-26-22-19-15-17-21-25-32-40-48-56-70(3)4)67-93-97(85,86)91-63-73(80)64-92-98(87,88)94-68-75(96-79(84)62-54-46-38-30-34-42-50-58-72(7)8)66-90-77(82)60-52-44-36-29-28-33-41-49-57-71(5)6/h69-75,80H,9-68H2,1-8H3,(H,85,86)(H,87,88)/t73?,74-,75-/m1/s1. The Bertz CT molecular complexity index is 1920. The Morgan fingerprint density at radius 2 is 0.429 bits per heavy atom. The van der Waals surface area contributed by atoms with Gasteiger partial charge in [0, 0.05) is 25.7 Å². The molecule has 0 saturated heterocycles. The second kappa shape index (κ2) is 68.2. The predicted molar refractivity (Wildman–Crippen MR) is 400 cm³/mol. The summed E-state index contributed by atoms with van der Waals surface area (Å²) >= 11 is 0. The van der Waals surface area contributed by atoms with Gasteiger partial charge in [-0.1, -0.05) is 351 Å². The molecular formula is C79H154O17P2. The van der Waals surface area contributed by atoms with E-state index in [9.17, 15) is 43.2 Å². The average Bonchev–Trinajstić information content (AvgIpc) is 1.04. The van der Waals surface area contributed by atoms with Gasteiger partial charge in [-0.15, -0.1) is 0 Å². The van der Waals surface area contributed by atoms with Crippen LogP contribution in [-0.2, 0) is 65.4 Å². The summed E-state index contributed by atoms with van der Waals surface area (Å²) in [5, 5.41) is 10.6. The summed E-state index contributed by atoms with van der Waals surface area (Å²) in [4.78, 5) is 72.9. The number of hydrogen-bond donors (Lipinski definition) is 3. The van der Waals surface area contributed by atoms with Crippen molar-refractivity contribution in [2.24, 2.45) is 23.7 Å². The van der Waals surface area contributed by atoms with Gasteiger partial charge in [-0.2, -0.15) is 0 Å². The number of ether oxygens (including phenoxy) is 4. The van der Waals surface area contributed by atoms with Crippen molar-refractivity contribution >= 4 is 39.5 Å². The zero-order valence-corrected chi connectivity index (χ0v) is 66.2. The number of carbonyl (C=O) groups is 4. The fourth-order valence-corrected chi connectivity index (χ4v) is 13.7. The number of aliphatic hydroxyl groups excluding tert-OH is 1. The van der Waals surface area contributed by atoms with Crippen LogP contribution in [-0.4, -0.2) is 96.7 Å². The Hall–Kier alpha value is -1.94. The van der Waals surface area contributed by atoms with Gasteiger partial charge in [0.25, 0.3) is 0 Å². The van der Waals surface area contributed by atoms with Gasteiger partial charge >= 0.3 is 39.5 Å². The van der Waals surface area contributed by atoms with Gasteiger partial charge in [0.15, 0.2) is 12.2 Å². The molecule has 3 N–H and O–H groups in total. The van der Waals surface area contributed by atoms with Crippen molar-refractivity contribution < 1.29 is 80.2 Å². The number of aliphatic hydroxyl groups is 1. The number of unbranched alkanes of at least 4 members (excludes halogenated alkanes) is 42. The Kier molecular flexibility index (Phi) is 66.8. The zero-order chi connectivity index (χ0) is 72.4. The number of phosphoric ester groups is 2. The largest absolute Gasteiger partial charge is 0.472 e. The quantitative estimate of drug-likeness (QED) is 0.0222. The van der Waals surface area contributed by atoms with E-state index < -0.39 is 97.5 Å². The van der Waals surface area contributed by atoms with Gasteiger partial charge in [0.05, 0.1) is 26.4 Å². The molecule has 0 rings (SSSR count). The summed E-state index contributed by atoms with van der Waals surface area (Å²) in [7, 11) is -9.92. The number of hydrogen-bond acceptors (Lipinski definition) is 15. The average molecular weight is 1440 g/mol. The minimum absolute atomic E-state index is 0.103. The van der Waals surface area contributed by atoms with E-state index in [4.69, 9.17) is 37.0 Å². The van der Waals surface area contributed by atoms with Gasteiger partial charge in [0.1, 0.15) is 19.3 Å². The maximum absolute atomic E-state index is 13.1. The van der Waals surface area contributed by atoms with Crippen molar-refractivity contribution in [2.75, 3.05) is 39.6 Å². The second-order valence-corrected chi connectivity index (χ2v) is 33.3. The first-order chi connectivity index (χ1) is 47.1. The van der Waals surface area contributed by atoms with E-state index in [2.05, 4.69) is 55.4 Å². The molecule has 0 aliphatic rings. The minimum Gasteiger partial charge on any atom is -0.462 e. The van der Waals surface area contributed by atoms with Crippen LogP contribution in [0.1, 0.15) is 402 Å². The molecule has 0 spiro atoms. The maximum Gasteiger partial charge on any atom is 0.472 e. The van der Waals surface area contributed by atoms with Crippen LogP contribution in [0.15, 0.2) is 0 Å². The zero-order valence-electron chi connectivity index (χ0n) is 64.4. The summed E-state index contributed by atoms with van der Waals surface area (Å²) in [6.45, 7) is 14.2. The monoisotopic (exact) mass is 1440 g/mol. The number of carbonyl (C=O) groups excluding carboxylic acids is 4. The first-order valence-electron chi connectivity index (χ1n) is 40.7. The molecule has 0 aromatic carbocycles. The van der Waals surface area contributed by atoms with Crippen molar-refractivity contribution in [1.82, 2.24) is 0 Å². The van der Waals surface area contributed by atoms with Crippen molar-refractivity contribution in [3.05, 3.63) is 0 Å². The first kappa shape index (κ1) is 96.1. The highest BCUT2D eigenvalue weighted by atomic mass is 31.2. The first-order valence-corrected chi connectivity index (χ1v) is 43.7. The lowest BCUT2D eigenvalue weighted by molar-refractivity contribution is -0.161. The van der Waals surface area contributed by atoms with Gasteiger partial charge in [-0.3, -0.25) is 37.3 Å². The fourth-order valence-electron chi connectivity index (χ4n) is 12.1.